The van der Waals surface area contributed by atoms with Crippen molar-refractivity contribution in [1.29, 1.82) is 0 Å². The predicted molar refractivity (Wildman–Crippen MR) is 59.1 cm³/mol. The molecule has 16 heavy (non-hydrogen) atoms. The highest BCUT2D eigenvalue weighted by Crippen LogP contribution is 2.09. The summed E-state index contributed by atoms with van der Waals surface area (Å²) in [6.07, 6.45) is 1.32. The largest absolute Gasteiger partial charge is 1.00 e. The fourth-order valence-corrected chi connectivity index (χ4v) is 1.93. The minimum Gasteiger partial charge on any atom is -1.00 e. The molecule has 3 nitrogen and oxygen atoms in total. The lowest BCUT2D eigenvalue weighted by atomic mass is 10.2. The van der Waals surface area contributed by atoms with Crippen LogP contribution in [0.5, 0.6) is 0 Å². The third-order valence-corrected chi connectivity index (χ3v) is 3.08. The smallest absolute Gasteiger partial charge is 0.102 e. The van der Waals surface area contributed by atoms with Crippen molar-refractivity contribution in [1.82, 2.24) is 0 Å². The highest BCUT2D eigenvalue weighted by molar-refractivity contribution is 4.47. The summed E-state index contributed by atoms with van der Waals surface area (Å²) < 4.78 is 7.68. The van der Waals surface area contributed by atoms with Gasteiger partial charge < -0.3 is 61.7 Å². The maximum absolute atomic E-state index is 5.39. The van der Waals surface area contributed by atoms with Crippen LogP contribution in [-0.4, -0.2) is 76.5 Å². The Morgan fingerprint density at radius 1 is 1.06 bits per heavy atom. The summed E-state index contributed by atoms with van der Waals surface area (Å²) in [7, 11) is 9.15. The van der Waals surface area contributed by atoms with Gasteiger partial charge in [0.15, 0.2) is 0 Å². The molecule has 0 spiro atoms. The van der Waals surface area contributed by atoms with Gasteiger partial charge >= 0.3 is 0 Å². The molecule has 100 valence electrons. The van der Waals surface area contributed by atoms with Gasteiger partial charge in [-0.1, -0.05) is 0 Å². The lowest BCUT2D eigenvalue weighted by Crippen LogP contribution is -3.00. The lowest BCUT2D eigenvalue weighted by molar-refractivity contribution is -0.923. The Kier molecular flexibility index (Phi) is 10.4. The van der Waals surface area contributed by atoms with Gasteiger partial charge in [-0.2, -0.15) is 0 Å². The molecule has 1 rings (SSSR count). The molecule has 0 saturated carbocycles. The molecule has 0 N–H and O–H groups in total. The van der Waals surface area contributed by atoms with Crippen LogP contribution in [-0.2, 0) is 4.74 Å². The van der Waals surface area contributed by atoms with E-state index >= 15 is 0 Å². The molecule has 1 saturated heterocycles. The molecule has 1 aliphatic heterocycles. The van der Waals surface area contributed by atoms with Gasteiger partial charge in [0.05, 0.1) is 54.5 Å². The fourth-order valence-electron chi connectivity index (χ4n) is 1.93. The van der Waals surface area contributed by atoms with E-state index in [1.165, 1.54) is 37.1 Å². The Bertz CT molecular complexity index is 177. The molecule has 0 bridgehead atoms. The first-order valence-electron chi connectivity index (χ1n) is 5.63. The number of halogens is 2. The van der Waals surface area contributed by atoms with E-state index in [4.69, 9.17) is 4.74 Å². The summed E-state index contributed by atoms with van der Waals surface area (Å²) in [6.45, 7) is 6.85. The van der Waals surface area contributed by atoms with Crippen molar-refractivity contribution < 1.29 is 61.7 Å². The van der Waals surface area contributed by atoms with Crippen molar-refractivity contribution in [3.63, 3.8) is 0 Å². The number of quaternary nitrogens is 2. The van der Waals surface area contributed by atoms with Crippen molar-refractivity contribution in [2.24, 2.45) is 0 Å². The third kappa shape index (κ3) is 8.43. The Morgan fingerprint density at radius 2 is 1.56 bits per heavy atom. The van der Waals surface area contributed by atoms with E-state index in [0.29, 0.717) is 0 Å². The van der Waals surface area contributed by atoms with Crippen LogP contribution >= 0.6 is 0 Å². The molecular weight excluding hydrogens is 430 g/mol. The number of nitrogens with zero attached hydrogens (tertiary/aromatic N) is 2. The van der Waals surface area contributed by atoms with E-state index in [2.05, 4.69) is 28.2 Å². The fraction of sp³-hybridized carbons (Fsp3) is 1.00. The summed E-state index contributed by atoms with van der Waals surface area (Å²) >= 11 is 0. The van der Waals surface area contributed by atoms with Crippen molar-refractivity contribution in [3.05, 3.63) is 0 Å². The number of hydrogen-bond acceptors (Lipinski definition) is 1. The maximum Gasteiger partial charge on any atom is 0.102 e. The number of rotatable bonds is 4. The Balaban J connectivity index is 0. The Labute approximate surface area is 135 Å². The third-order valence-electron chi connectivity index (χ3n) is 3.08. The first kappa shape index (κ1) is 19.7. The van der Waals surface area contributed by atoms with E-state index in [-0.39, 0.29) is 48.0 Å². The zero-order chi connectivity index (χ0) is 10.7. The van der Waals surface area contributed by atoms with Gasteiger partial charge in [0.25, 0.3) is 0 Å². The quantitative estimate of drug-likeness (QED) is 0.304. The highest BCUT2D eigenvalue weighted by Gasteiger charge is 2.25. The second-order valence-electron chi connectivity index (χ2n) is 5.77. The highest BCUT2D eigenvalue weighted by atomic mass is 127. The standard InChI is InChI=1S/C11H26N2O.2HI/c1-12(2,3)6-5-7-13(4)8-10-14-11-9-13;;/h5-11H2,1-4H3;2*1H/q+2;;/p-2. The zero-order valence-corrected chi connectivity index (χ0v) is 15.3. The number of likely N-dealkylation sites (N-methyl/N-ethyl adjacent to an activating group) is 1. The molecule has 0 unspecified atom stereocenters. The summed E-state index contributed by atoms with van der Waals surface area (Å²) in [5.74, 6) is 0. The van der Waals surface area contributed by atoms with Crippen LogP contribution in [0.2, 0.25) is 0 Å². The van der Waals surface area contributed by atoms with E-state index in [9.17, 15) is 0 Å². The monoisotopic (exact) mass is 456 g/mol. The first-order valence-corrected chi connectivity index (χ1v) is 5.63. The lowest BCUT2D eigenvalue weighted by Gasteiger charge is -2.38. The normalized spacial score (nSPS) is 19.5. The van der Waals surface area contributed by atoms with Crippen LogP contribution in [0, 0.1) is 0 Å². The molecule has 0 aromatic carbocycles. The van der Waals surface area contributed by atoms with Crippen molar-refractivity contribution in [3.8, 4) is 0 Å². The van der Waals surface area contributed by atoms with Crippen LogP contribution in [0.25, 0.3) is 0 Å². The van der Waals surface area contributed by atoms with Gasteiger partial charge in [0, 0.05) is 6.42 Å². The van der Waals surface area contributed by atoms with Gasteiger partial charge in [0.2, 0.25) is 0 Å². The Morgan fingerprint density at radius 3 is 2.00 bits per heavy atom. The van der Waals surface area contributed by atoms with Gasteiger partial charge in [-0.3, -0.25) is 0 Å². The van der Waals surface area contributed by atoms with E-state index in [1.54, 1.807) is 0 Å². The molecule has 1 fully saturated rings. The average molecular weight is 456 g/mol. The van der Waals surface area contributed by atoms with Crippen LogP contribution < -0.4 is 48.0 Å². The van der Waals surface area contributed by atoms with E-state index in [0.717, 1.165) is 17.7 Å². The number of morpholine rings is 1. The number of hydrogen-bond donors (Lipinski definition) is 0. The molecule has 0 aliphatic carbocycles. The van der Waals surface area contributed by atoms with Gasteiger partial charge in [-0.25, -0.2) is 0 Å². The van der Waals surface area contributed by atoms with Crippen LogP contribution in [0.15, 0.2) is 0 Å². The van der Waals surface area contributed by atoms with Crippen molar-refractivity contribution >= 4 is 0 Å². The summed E-state index contributed by atoms with van der Waals surface area (Å²) in [6, 6.07) is 0. The summed E-state index contributed by atoms with van der Waals surface area (Å²) in [5.41, 5.74) is 0. The molecule has 0 atom stereocenters. The molecule has 1 aliphatic rings. The van der Waals surface area contributed by atoms with Crippen LogP contribution in [0.1, 0.15) is 6.42 Å². The van der Waals surface area contributed by atoms with E-state index in [1.807, 2.05) is 0 Å². The summed E-state index contributed by atoms with van der Waals surface area (Å²) in [4.78, 5) is 0. The molecule has 0 radical (unpaired) electrons. The van der Waals surface area contributed by atoms with E-state index < -0.39 is 0 Å². The van der Waals surface area contributed by atoms with Crippen LogP contribution in [0.4, 0.5) is 0 Å². The zero-order valence-electron chi connectivity index (χ0n) is 11.0. The minimum atomic E-state index is 0. The molecule has 5 heteroatoms. The Hall–Kier alpha value is 1.34. The number of ether oxygens (including phenoxy) is 1. The van der Waals surface area contributed by atoms with Gasteiger partial charge in [0.1, 0.15) is 13.1 Å². The topological polar surface area (TPSA) is 9.23 Å². The average Bonchev–Trinajstić information content (AvgIpc) is 2.02. The minimum absolute atomic E-state index is 0. The van der Waals surface area contributed by atoms with Gasteiger partial charge in [-0.15, -0.1) is 0 Å². The maximum atomic E-state index is 5.39. The van der Waals surface area contributed by atoms with Crippen molar-refractivity contribution in [2.45, 2.75) is 6.42 Å². The SMILES string of the molecule is C[N+](C)(C)CCC[N+]1(C)CCOCC1.[I-].[I-]. The second kappa shape index (κ2) is 8.44. The molecular formula is C11H26I2N2O. The van der Waals surface area contributed by atoms with Crippen molar-refractivity contribution in [2.75, 3.05) is 67.6 Å². The molecule has 0 amide bonds. The molecule has 0 aromatic heterocycles. The first-order chi connectivity index (χ1) is 6.41. The molecule has 0 aromatic rings. The van der Waals surface area contributed by atoms with Crippen LogP contribution in [0.3, 0.4) is 0 Å². The second-order valence-corrected chi connectivity index (χ2v) is 5.77. The molecule has 1 heterocycles. The summed E-state index contributed by atoms with van der Waals surface area (Å²) in [5, 5.41) is 0. The van der Waals surface area contributed by atoms with Gasteiger partial charge in [-0.05, 0) is 0 Å². The predicted octanol–water partition coefficient (Wildman–Crippen LogP) is -5.43.